The molecular formula is C9H9ClN4O. The lowest BCUT2D eigenvalue weighted by molar-refractivity contribution is 0.858. The number of H-pyrrole nitrogens is 1. The summed E-state index contributed by atoms with van der Waals surface area (Å²) in [6, 6.07) is 0. The van der Waals surface area contributed by atoms with Gasteiger partial charge in [0, 0.05) is 18.8 Å². The molecule has 0 unspecified atom stereocenters. The van der Waals surface area contributed by atoms with Crippen LogP contribution in [0.1, 0.15) is 12.7 Å². The van der Waals surface area contributed by atoms with E-state index in [2.05, 4.69) is 15.0 Å². The van der Waals surface area contributed by atoms with Gasteiger partial charge in [-0.2, -0.15) is 0 Å². The molecule has 0 bridgehead atoms. The van der Waals surface area contributed by atoms with Crippen LogP contribution < -0.4 is 5.56 Å². The monoisotopic (exact) mass is 224 g/mol. The molecule has 2 aromatic rings. The zero-order valence-electron chi connectivity index (χ0n) is 8.07. The molecule has 0 saturated heterocycles. The predicted molar refractivity (Wildman–Crippen MR) is 56.4 cm³/mol. The summed E-state index contributed by atoms with van der Waals surface area (Å²) in [5, 5.41) is 0.0743. The summed E-state index contributed by atoms with van der Waals surface area (Å²) in [4.78, 5) is 21.8. The molecule has 6 heteroatoms. The van der Waals surface area contributed by atoms with Crippen LogP contribution in [-0.2, 0) is 6.42 Å². The highest BCUT2D eigenvalue weighted by Crippen LogP contribution is 2.14. The quantitative estimate of drug-likeness (QED) is 0.833. The van der Waals surface area contributed by atoms with Crippen LogP contribution in [0.5, 0.6) is 0 Å². The van der Waals surface area contributed by atoms with Crippen molar-refractivity contribution in [1.82, 2.24) is 19.5 Å². The summed E-state index contributed by atoms with van der Waals surface area (Å²) >= 11 is 5.86. The molecular weight excluding hydrogens is 216 g/mol. The average molecular weight is 225 g/mol. The second kappa shape index (κ2) is 3.86. The van der Waals surface area contributed by atoms with Gasteiger partial charge in [0.1, 0.15) is 10.8 Å². The number of nitrogens with zero attached hydrogens (tertiary/aromatic N) is 3. The molecule has 0 amide bonds. The number of hydrogen-bond acceptors (Lipinski definition) is 3. The highest BCUT2D eigenvalue weighted by molar-refractivity contribution is 6.31. The van der Waals surface area contributed by atoms with Crippen molar-refractivity contribution in [3.05, 3.63) is 39.9 Å². The minimum atomic E-state index is -0.350. The molecule has 15 heavy (non-hydrogen) atoms. The van der Waals surface area contributed by atoms with Gasteiger partial charge in [-0.3, -0.25) is 9.36 Å². The van der Waals surface area contributed by atoms with Crippen molar-refractivity contribution in [3.8, 4) is 5.82 Å². The molecule has 2 heterocycles. The standard InChI is InChI=1S/C9H9ClN4O/c1-2-6-11-3-4-14(6)8-7(10)9(15)13-5-12-8/h3-5H,2H2,1H3,(H,12,13,15). The van der Waals surface area contributed by atoms with Gasteiger partial charge >= 0.3 is 0 Å². The maximum Gasteiger partial charge on any atom is 0.271 e. The van der Waals surface area contributed by atoms with E-state index < -0.39 is 0 Å². The Morgan fingerprint density at radius 1 is 1.53 bits per heavy atom. The highest BCUT2D eigenvalue weighted by atomic mass is 35.5. The van der Waals surface area contributed by atoms with Crippen molar-refractivity contribution in [2.45, 2.75) is 13.3 Å². The Labute approximate surface area is 90.8 Å². The largest absolute Gasteiger partial charge is 0.312 e. The normalized spacial score (nSPS) is 10.5. The number of halogens is 1. The van der Waals surface area contributed by atoms with Gasteiger partial charge in [-0.05, 0) is 0 Å². The van der Waals surface area contributed by atoms with E-state index in [4.69, 9.17) is 11.6 Å². The Hall–Kier alpha value is -1.62. The Balaban J connectivity index is 2.64. The van der Waals surface area contributed by atoms with E-state index in [9.17, 15) is 4.79 Å². The molecule has 2 aromatic heterocycles. The molecule has 0 spiro atoms. The van der Waals surface area contributed by atoms with Crippen LogP contribution in [0.25, 0.3) is 5.82 Å². The second-order valence-corrected chi connectivity index (χ2v) is 3.31. The van der Waals surface area contributed by atoms with Crippen molar-refractivity contribution in [2.24, 2.45) is 0 Å². The first-order chi connectivity index (χ1) is 7.24. The van der Waals surface area contributed by atoms with Crippen LogP contribution in [0, 0.1) is 0 Å². The molecule has 0 aromatic carbocycles. The summed E-state index contributed by atoms with van der Waals surface area (Å²) in [5.74, 6) is 1.23. The lowest BCUT2D eigenvalue weighted by atomic mass is 10.4. The Kier molecular flexibility index (Phi) is 2.55. The topological polar surface area (TPSA) is 63.6 Å². The van der Waals surface area contributed by atoms with Gasteiger partial charge in [-0.25, -0.2) is 9.97 Å². The van der Waals surface area contributed by atoms with Crippen LogP contribution >= 0.6 is 11.6 Å². The van der Waals surface area contributed by atoms with E-state index in [1.54, 1.807) is 17.0 Å². The fourth-order valence-corrected chi connectivity index (χ4v) is 1.52. The number of hydrogen-bond donors (Lipinski definition) is 1. The predicted octanol–water partition coefficient (Wildman–Crippen LogP) is 1.17. The maximum atomic E-state index is 11.3. The first kappa shape index (κ1) is 9.92. The Morgan fingerprint density at radius 2 is 2.33 bits per heavy atom. The summed E-state index contributed by atoms with van der Waals surface area (Å²) in [6.07, 6.45) is 5.45. The van der Waals surface area contributed by atoms with Crippen LogP contribution in [0.4, 0.5) is 0 Å². The van der Waals surface area contributed by atoms with Gasteiger partial charge in [-0.1, -0.05) is 18.5 Å². The summed E-state index contributed by atoms with van der Waals surface area (Å²) in [7, 11) is 0. The summed E-state index contributed by atoms with van der Waals surface area (Å²) in [6.45, 7) is 1.97. The molecule has 0 aliphatic carbocycles. The van der Waals surface area contributed by atoms with Crippen LogP contribution in [0.15, 0.2) is 23.5 Å². The lowest BCUT2D eigenvalue weighted by Crippen LogP contribution is -2.12. The van der Waals surface area contributed by atoms with Crippen LogP contribution in [0.2, 0.25) is 5.02 Å². The minimum Gasteiger partial charge on any atom is -0.312 e. The van der Waals surface area contributed by atoms with Crippen molar-refractivity contribution in [2.75, 3.05) is 0 Å². The van der Waals surface area contributed by atoms with E-state index >= 15 is 0 Å². The zero-order valence-corrected chi connectivity index (χ0v) is 8.82. The van der Waals surface area contributed by atoms with Crippen molar-refractivity contribution >= 4 is 11.6 Å². The zero-order chi connectivity index (χ0) is 10.8. The van der Waals surface area contributed by atoms with Gasteiger partial charge in [0.15, 0.2) is 5.82 Å². The number of aryl methyl sites for hydroxylation is 1. The first-order valence-corrected chi connectivity index (χ1v) is 4.87. The number of aromatic nitrogens is 4. The van der Waals surface area contributed by atoms with E-state index in [1.807, 2.05) is 6.92 Å². The van der Waals surface area contributed by atoms with Gasteiger partial charge < -0.3 is 4.98 Å². The molecule has 0 atom stereocenters. The molecule has 0 aliphatic rings. The number of nitrogens with one attached hydrogen (secondary N) is 1. The third kappa shape index (κ3) is 1.66. The second-order valence-electron chi connectivity index (χ2n) is 2.94. The fourth-order valence-electron chi connectivity index (χ4n) is 1.33. The summed E-state index contributed by atoms with van der Waals surface area (Å²) in [5.41, 5.74) is -0.350. The molecule has 0 radical (unpaired) electrons. The van der Waals surface area contributed by atoms with Gasteiger partial charge in [0.25, 0.3) is 5.56 Å². The summed E-state index contributed by atoms with van der Waals surface area (Å²) < 4.78 is 1.71. The molecule has 2 rings (SSSR count). The molecule has 5 nitrogen and oxygen atoms in total. The lowest BCUT2D eigenvalue weighted by Gasteiger charge is -2.05. The first-order valence-electron chi connectivity index (χ1n) is 4.49. The molecule has 0 saturated carbocycles. The van der Waals surface area contributed by atoms with E-state index in [-0.39, 0.29) is 10.6 Å². The fraction of sp³-hybridized carbons (Fsp3) is 0.222. The van der Waals surface area contributed by atoms with E-state index in [0.29, 0.717) is 5.82 Å². The van der Waals surface area contributed by atoms with Gasteiger partial charge in [0.2, 0.25) is 0 Å². The average Bonchev–Trinajstić information content (AvgIpc) is 2.70. The molecule has 1 N–H and O–H groups in total. The smallest absolute Gasteiger partial charge is 0.271 e. The molecule has 0 fully saturated rings. The number of imidazole rings is 1. The minimum absolute atomic E-state index is 0.0743. The van der Waals surface area contributed by atoms with Crippen molar-refractivity contribution in [3.63, 3.8) is 0 Å². The molecule has 0 aliphatic heterocycles. The highest BCUT2D eigenvalue weighted by Gasteiger charge is 2.10. The molecule has 78 valence electrons. The van der Waals surface area contributed by atoms with E-state index in [1.165, 1.54) is 6.33 Å². The van der Waals surface area contributed by atoms with Gasteiger partial charge in [0.05, 0.1) is 6.33 Å². The van der Waals surface area contributed by atoms with E-state index in [0.717, 1.165) is 12.2 Å². The Bertz CT molecular complexity index is 531. The van der Waals surface area contributed by atoms with Crippen molar-refractivity contribution in [1.29, 1.82) is 0 Å². The van der Waals surface area contributed by atoms with Crippen LogP contribution in [-0.4, -0.2) is 19.5 Å². The number of aromatic amines is 1. The van der Waals surface area contributed by atoms with Crippen molar-refractivity contribution < 1.29 is 0 Å². The maximum absolute atomic E-state index is 11.3. The Morgan fingerprint density at radius 3 is 3.07 bits per heavy atom. The SMILES string of the molecule is CCc1nccn1-c1nc[nH]c(=O)c1Cl. The van der Waals surface area contributed by atoms with Crippen LogP contribution in [0.3, 0.4) is 0 Å². The third-order valence-corrected chi connectivity index (χ3v) is 2.38. The third-order valence-electron chi connectivity index (χ3n) is 2.04. The number of rotatable bonds is 2. The van der Waals surface area contributed by atoms with Gasteiger partial charge in [-0.15, -0.1) is 0 Å².